The van der Waals surface area contributed by atoms with Crippen LogP contribution >= 0.6 is 0 Å². The normalized spacial score (nSPS) is 10.4. The van der Waals surface area contributed by atoms with Gasteiger partial charge in [-0.3, -0.25) is 14.9 Å². The van der Waals surface area contributed by atoms with E-state index in [2.05, 4.69) is 10.3 Å². The standard InChI is InChI=1S/C13H13FN4O3/c1-17-7-6-15-12(17)4-5-16-13(19)10-8-9(14)2-3-11(10)18(20)21/h2-3,6-8H,4-5H2,1H3,(H,16,19). The summed E-state index contributed by atoms with van der Waals surface area (Å²) in [6.07, 6.45) is 3.88. The Balaban J connectivity index is 2.05. The molecule has 21 heavy (non-hydrogen) atoms. The number of aryl methyl sites for hydroxylation is 1. The summed E-state index contributed by atoms with van der Waals surface area (Å²) in [6.45, 7) is 0.247. The van der Waals surface area contributed by atoms with Crippen molar-refractivity contribution in [1.82, 2.24) is 14.9 Å². The number of nitrogens with one attached hydrogen (secondary N) is 1. The number of carbonyl (C=O) groups excluding carboxylic acids is 1. The van der Waals surface area contributed by atoms with Gasteiger partial charge in [-0.25, -0.2) is 9.37 Å². The van der Waals surface area contributed by atoms with Gasteiger partial charge in [-0.05, 0) is 12.1 Å². The maximum atomic E-state index is 13.2. The summed E-state index contributed by atoms with van der Waals surface area (Å²) in [6, 6.07) is 2.78. The van der Waals surface area contributed by atoms with E-state index in [1.807, 2.05) is 7.05 Å². The molecule has 1 aromatic heterocycles. The van der Waals surface area contributed by atoms with Crippen LogP contribution < -0.4 is 5.32 Å². The highest BCUT2D eigenvalue weighted by molar-refractivity contribution is 5.98. The molecule has 0 aliphatic carbocycles. The average Bonchev–Trinajstić information content (AvgIpc) is 2.84. The Kier molecular flexibility index (Phi) is 4.27. The van der Waals surface area contributed by atoms with E-state index in [1.165, 1.54) is 0 Å². The lowest BCUT2D eigenvalue weighted by Gasteiger charge is -2.06. The van der Waals surface area contributed by atoms with Crippen LogP contribution in [-0.2, 0) is 13.5 Å². The lowest BCUT2D eigenvalue weighted by Crippen LogP contribution is -2.27. The minimum absolute atomic E-state index is 0.247. The van der Waals surface area contributed by atoms with Crippen molar-refractivity contribution in [3.05, 3.63) is 57.9 Å². The first kappa shape index (κ1) is 14.6. The van der Waals surface area contributed by atoms with Gasteiger partial charge in [0.05, 0.1) is 4.92 Å². The number of nitrogens with zero attached hydrogens (tertiary/aromatic N) is 3. The van der Waals surface area contributed by atoms with Crippen LogP contribution in [-0.4, -0.2) is 26.9 Å². The molecule has 0 aliphatic heterocycles. The number of carbonyl (C=O) groups is 1. The predicted molar refractivity (Wildman–Crippen MR) is 72.3 cm³/mol. The number of benzene rings is 1. The highest BCUT2D eigenvalue weighted by atomic mass is 19.1. The first-order chi connectivity index (χ1) is 9.99. The lowest BCUT2D eigenvalue weighted by molar-refractivity contribution is -0.385. The van der Waals surface area contributed by atoms with E-state index in [0.29, 0.717) is 6.42 Å². The molecular formula is C13H13FN4O3. The molecule has 0 spiro atoms. The topological polar surface area (TPSA) is 90.1 Å². The van der Waals surface area contributed by atoms with Crippen LogP contribution in [0.1, 0.15) is 16.2 Å². The molecule has 0 radical (unpaired) electrons. The van der Waals surface area contributed by atoms with Crippen molar-refractivity contribution in [2.75, 3.05) is 6.54 Å². The molecule has 1 heterocycles. The number of aromatic nitrogens is 2. The van der Waals surface area contributed by atoms with Crippen molar-refractivity contribution in [3.8, 4) is 0 Å². The minimum atomic E-state index is -0.715. The Hall–Kier alpha value is -2.77. The van der Waals surface area contributed by atoms with Gasteiger partial charge >= 0.3 is 0 Å². The van der Waals surface area contributed by atoms with Crippen LogP contribution in [0, 0.1) is 15.9 Å². The fourth-order valence-electron chi connectivity index (χ4n) is 1.87. The van der Waals surface area contributed by atoms with Gasteiger partial charge in [0, 0.05) is 38.5 Å². The van der Waals surface area contributed by atoms with E-state index in [4.69, 9.17) is 0 Å². The van der Waals surface area contributed by atoms with Crippen molar-refractivity contribution in [2.45, 2.75) is 6.42 Å². The number of nitro groups is 1. The third-order valence-corrected chi connectivity index (χ3v) is 2.96. The van der Waals surface area contributed by atoms with Crippen LogP contribution in [0.3, 0.4) is 0 Å². The van der Waals surface area contributed by atoms with E-state index in [9.17, 15) is 19.3 Å². The molecular weight excluding hydrogens is 279 g/mol. The van der Waals surface area contributed by atoms with E-state index in [1.54, 1.807) is 17.0 Å². The first-order valence-corrected chi connectivity index (χ1v) is 6.17. The van der Waals surface area contributed by atoms with Crippen molar-refractivity contribution < 1.29 is 14.1 Å². The quantitative estimate of drug-likeness (QED) is 0.667. The maximum Gasteiger partial charge on any atom is 0.282 e. The second-order valence-corrected chi connectivity index (χ2v) is 4.38. The summed E-state index contributed by atoms with van der Waals surface area (Å²) < 4.78 is 15.0. The third-order valence-electron chi connectivity index (χ3n) is 2.96. The van der Waals surface area contributed by atoms with Gasteiger partial charge in [-0.1, -0.05) is 0 Å². The average molecular weight is 292 g/mol. The largest absolute Gasteiger partial charge is 0.351 e. The molecule has 1 amide bonds. The fraction of sp³-hybridized carbons (Fsp3) is 0.231. The van der Waals surface area contributed by atoms with Gasteiger partial charge in [0.25, 0.3) is 11.6 Å². The smallest absolute Gasteiger partial charge is 0.282 e. The number of hydrogen-bond donors (Lipinski definition) is 1. The van der Waals surface area contributed by atoms with E-state index in [0.717, 1.165) is 24.0 Å². The van der Waals surface area contributed by atoms with Crippen LogP contribution in [0.15, 0.2) is 30.6 Å². The molecule has 110 valence electrons. The Morgan fingerprint density at radius 3 is 2.90 bits per heavy atom. The van der Waals surface area contributed by atoms with Gasteiger partial charge < -0.3 is 9.88 Å². The molecule has 2 aromatic rings. The molecule has 0 saturated carbocycles. The zero-order valence-corrected chi connectivity index (χ0v) is 11.2. The summed E-state index contributed by atoms with van der Waals surface area (Å²) in [5.74, 6) is -0.616. The summed E-state index contributed by atoms with van der Waals surface area (Å²) in [5.41, 5.74) is -0.717. The zero-order chi connectivity index (χ0) is 15.4. The monoisotopic (exact) mass is 292 g/mol. The molecule has 0 fully saturated rings. The van der Waals surface area contributed by atoms with E-state index >= 15 is 0 Å². The van der Waals surface area contributed by atoms with Gasteiger partial charge in [-0.2, -0.15) is 0 Å². The summed E-state index contributed by atoms with van der Waals surface area (Å²) in [5, 5.41) is 13.4. The van der Waals surface area contributed by atoms with Crippen molar-refractivity contribution >= 4 is 11.6 Å². The van der Waals surface area contributed by atoms with Crippen molar-refractivity contribution in [2.24, 2.45) is 7.05 Å². The number of halogens is 1. The molecule has 7 nitrogen and oxygen atoms in total. The second kappa shape index (κ2) is 6.12. The first-order valence-electron chi connectivity index (χ1n) is 6.17. The number of imidazole rings is 1. The molecule has 0 unspecified atom stereocenters. The Labute approximate surface area is 119 Å². The predicted octanol–water partition coefficient (Wildman–Crippen LogP) is 1.44. The molecule has 8 heteroatoms. The van der Waals surface area contributed by atoms with Gasteiger partial charge in [0.2, 0.25) is 0 Å². The third kappa shape index (κ3) is 3.41. The fourth-order valence-corrected chi connectivity index (χ4v) is 1.87. The van der Waals surface area contributed by atoms with E-state index < -0.39 is 22.3 Å². The molecule has 2 rings (SSSR count). The Morgan fingerprint density at radius 2 is 2.29 bits per heavy atom. The van der Waals surface area contributed by atoms with Crippen LogP contribution in [0.25, 0.3) is 0 Å². The molecule has 0 saturated heterocycles. The summed E-state index contributed by atoms with van der Waals surface area (Å²) >= 11 is 0. The summed E-state index contributed by atoms with van der Waals surface area (Å²) in [7, 11) is 1.82. The van der Waals surface area contributed by atoms with Crippen LogP contribution in [0.2, 0.25) is 0 Å². The molecule has 1 N–H and O–H groups in total. The lowest BCUT2D eigenvalue weighted by atomic mass is 10.1. The number of amides is 1. The minimum Gasteiger partial charge on any atom is -0.351 e. The van der Waals surface area contributed by atoms with Crippen molar-refractivity contribution in [1.29, 1.82) is 0 Å². The van der Waals surface area contributed by atoms with Crippen LogP contribution in [0.5, 0.6) is 0 Å². The molecule has 0 atom stereocenters. The molecule has 0 bridgehead atoms. The molecule has 1 aromatic carbocycles. The maximum absolute atomic E-state index is 13.2. The zero-order valence-electron chi connectivity index (χ0n) is 11.2. The van der Waals surface area contributed by atoms with Gasteiger partial charge in [0.1, 0.15) is 17.2 Å². The van der Waals surface area contributed by atoms with Crippen LogP contribution in [0.4, 0.5) is 10.1 Å². The van der Waals surface area contributed by atoms with Gasteiger partial charge in [0.15, 0.2) is 0 Å². The Bertz CT molecular complexity index is 684. The highest BCUT2D eigenvalue weighted by Crippen LogP contribution is 2.19. The van der Waals surface area contributed by atoms with Crippen molar-refractivity contribution in [3.63, 3.8) is 0 Å². The highest BCUT2D eigenvalue weighted by Gasteiger charge is 2.20. The second-order valence-electron chi connectivity index (χ2n) is 4.38. The SMILES string of the molecule is Cn1ccnc1CCNC(=O)c1cc(F)ccc1[N+](=O)[O-]. The number of nitro benzene ring substituents is 1. The number of hydrogen-bond acceptors (Lipinski definition) is 4. The number of rotatable bonds is 5. The van der Waals surface area contributed by atoms with E-state index in [-0.39, 0.29) is 12.1 Å². The summed E-state index contributed by atoms with van der Waals surface area (Å²) in [4.78, 5) is 26.1. The van der Waals surface area contributed by atoms with Gasteiger partial charge in [-0.15, -0.1) is 0 Å². The Morgan fingerprint density at radius 1 is 1.52 bits per heavy atom. The molecule has 0 aliphatic rings.